The Labute approximate surface area is 567 Å². The summed E-state index contributed by atoms with van der Waals surface area (Å²) in [6.07, 6.45) is -31.1. The van der Waals surface area contributed by atoms with Crippen LogP contribution in [-0.4, -0.2) is 318 Å². The highest BCUT2D eigenvalue weighted by Crippen LogP contribution is 2.33. The van der Waals surface area contributed by atoms with E-state index in [9.17, 15) is 90.4 Å². The molecule has 27 atom stereocenters. The first-order chi connectivity index (χ1) is 47.2. The molecule has 38 nitrogen and oxygen atoms in total. The number of hydrogen-bond donors (Lipinski definition) is 24. The lowest BCUT2D eigenvalue weighted by molar-refractivity contribution is -0.352. The summed E-state index contributed by atoms with van der Waals surface area (Å²) in [5.41, 5.74) is 13.2. The molecule has 0 bridgehead atoms. The number of ether oxygens (including phenoxy) is 6. The molecule has 6 fully saturated rings. The second kappa shape index (κ2) is 36.0. The van der Waals surface area contributed by atoms with E-state index in [0.717, 1.165) is 24.2 Å². The zero-order valence-corrected chi connectivity index (χ0v) is 54.2. The predicted molar refractivity (Wildman–Crippen MR) is 335 cm³/mol. The zero-order chi connectivity index (χ0) is 72.1. The van der Waals surface area contributed by atoms with E-state index in [1.54, 1.807) is 37.3 Å². The molecule has 6 aliphatic rings. The number of hydrogen-bond acceptors (Lipinski definition) is 32. The molecule has 0 spiro atoms. The monoisotopic (exact) mass is 1410 g/mol. The maximum Gasteiger partial charge on any atom is 0.305 e. The molecule has 6 amide bonds. The summed E-state index contributed by atoms with van der Waals surface area (Å²) in [6, 6.07) is 1.19. The van der Waals surface area contributed by atoms with E-state index < -0.39 is 252 Å². The van der Waals surface area contributed by atoms with Gasteiger partial charge in [-0.15, -0.1) is 0 Å². The Morgan fingerprint density at radius 2 is 1.22 bits per heavy atom. The molecule has 6 saturated heterocycles. The van der Waals surface area contributed by atoms with Gasteiger partial charge in [-0.2, -0.15) is 0 Å². The van der Waals surface area contributed by atoms with Gasteiger partial charge in [-0.3, -0.25) is 49.5 Å². The van der Waals surface area contributed by atoms with Gasteiger partial charge in [0.25, 0.3) is 0 Å². The van der Waals surface area contributed by atoms with Gasteiger partial charge in [-0.05, 0) is 29.7 Å². The minimum atomic E-state index is -2.31. The first kappa shape index (κ1) is 78.3. The summed E-state index contributed by atoms with van der Waals surface area (Å²) >= 11 is 0. The number of amides is 6. The van der Waals surface area contributed by atoms with Gasteiger partial charge in [-0.1, -0.05) is 75.6 Å². The van der Waals surface area contributed by atoms with Crippen molar-refractivity contribution >= 4 is 41.4 Å². The van der Waals surface area contributed by atoms with Gasteiger partial charge in [0, 0.05) is 31.8 Å². The Kier molecular flexibility index (Phi) is 28.5. The number of nitrogens with one attached hydrogen (secondary N) is 9. The van der Waals surface area contributed by atoms with E-state index in [4.69, 9.17) is 39.9 Å². The van der Waals surface area contributed by atoms with Crippen LogP contribution in [-0.2, 0) is 63.7 Å². The van der Waals surface area contributed by atoms with Crippen LogP contribution in [0.2, 0.25) is 0 Å². The fraction of sp³-hybridized carbons (Fsp3) is 0.689. The number of aliphatic hydroxyl groups is 13. The summed E-state index contributed by atoms with van der Waals surface area (Å²) in [7, 11) is 0. The largest absolute Gasteiger partial charge is 0.463 e. The minimum Gasteiger partial charge on any atom is -0.463 e. The Morgan fingerprint density at radius 1 is 0.616 bits per heavy atom. The Hall–Kier alpha value is -6.39. The van der Waals surface area contributed by atoms with Crippen molar-refractivity contribution in [1.82, 2.24) is 52.8 Å². The molecule has 8 rings (SSSR count). The number of aliphatic hydroxyl groups excluding tert-OH is 13. The SMILES string of the molecule is CCCCCCC(=O)OC[C@H]1O[C@H](Oc2ccc(C[C@H]3NC(=O)[C@H]([C@@H](C)c4ccccc4)NC(=O)CNC(=O)[C@H](CO)NC(=O)[C@@H]([C@@H](O)[C@@H]4CNC(N)N4[C@H]4O[C@H](CO)[C@@H](O)[C@H](O)[C@@H]4O)NC(=O)[C@H]([C@@H](O)[C@@H]4CNC(N)N4)NC3=O)cc2)[C@@H](O)[C@@H](O)[C@@H]1O[C@H]1O[C@H](CO)[C@@H](O)[C@H](O)[C@@H]1O. The molecular weight excluding hydrogens is 1320 g/mol. The van der Waals surface area contributed by atoms with Crippen molar-refractivity contribution < 1.29 is 128 Å². The molecule has 6 heterocycles. The summed E-state index contributed by atoms with van der Waals surface area (Å²) in [5, 5.41) is 165. The lowest BCUT2D eigenvalue weighted by Gasteiger charge is -2.47. The number of nitrogens with zero attached hydrogens (tertiary/aromatic N) is 1. The summed E-state index contributed by atoms with van der Waals surface area (Å²) in [4.78, 5) is 102. The van der Waals surface area contributed by atoms with Gasteiger partial charge in [0.15, 0.2) is 6.29 Å². The van der Waals surface area contributed by atoms with Gasteiger partial charge in [0.05, 0.1) is 44.6 Å². The van der Waals surface area contributed by atoms with E-state index in [-0.39, 0.29) is 24.3 Å². The van der Waals surface area contributed by atoms with Gasteiger partial charge in [0.1, 0.15) is 141 Å². The molecule has 99 heavy (non-hydrogen) atoms. The Bertz CT molecular complexity index is 2990. The van der Waals surface area contributed by atoms with Gasteiger partial charge in [0.2, 0.25) is 41.7 Å². The molecule has 0 aliphatic carbocycles. The molecule has 0 radical (unpaired) electrons. The smallest absolute Gasteiger partial charge is 0.305 e. The average Bonchev–Trinajstić information content (AvgIpc) is 1.75. The first-order valence-electron chi connectivity index (χ1n) is 32.7. The van der Waals surface area contributed by atoms with E-state index in [1.807, 2.05) is 6.92 Å². The number of nitrogens with two attached hydrogens (primary N) is 2. The van der Waals surface area contributed by atoms with Crippen LogP contribution >= 0.6 is 0 Å². The van der Waals surface area contributed by atoms with E-state index in [0.29, 0.717) is 12.0 Å². The van der Waals surface area contributed by atoms with E-state index in [1.165, 1.54) is 24.3 Å². The molecule has 0 saturated carbocycles. The molecule has 6 aliphatic heterocycles. The minimum absolute atomic E-state index is 0.0101. The Balaban J connectivity index is 1.11. The van der Waals surface area contributed by atoms with Crippen LogP contribution in [0.5, 0.6) is 5.75 Å². The molecule has 2 aromatic carbocycles. The lowest BCUT2D eigenvalue weighted by Crippen LogP contribution is -2.70. The van der Waals surface area contributed by atoms with E-state index in [2.05, 4.69) is 47.9 Å². The molecule has 2 aromatic rings. The average molecular weight is 1410 g/mol. The predicted octanol–water partition coefficient (Wildman–Crippen LogP) is -12.1. The summed E-state index contributed by atoms with van der Waals surface area (Å²) < 4.78 is 34.7. The highest BCUT2D eigenvalue weighted by Gasteiger charge is 2.55. The van der Waals surface area contributed by atoms with Crippen LogP contribution in [0.1, 0.15) is 63.0 Å². The van der Waals surface area contributed by atoms with Crippen LogP contribution in [0.3, 0.4) is 0 Å². The highest BCUT2D eigenvalue weighted by atomic mass is 16.7. The van der Waals surface area contributed by atoms with Crippen molar-refractivity contribution in [2.75, 3.05) is 46.1 Å². The third kappa shape index (κ3) is 19.2. The van der Waals surface area contributed by atoms with Crippen molar-refractivity contribution in [3.05, 3.63) is 65.7 Å². The van der Waals surface area contributed by atoms with Crippen molar-refractivity contribution in [1.29, 1.82) is 0 Å². The summed E-state index contributed by atoms with van der Waals surface area (Å²) in [5.74, 6) is -8.86. The van der Waals surface area contributed by atoms with Crippen LogP contribution in [0.4, 0.5) is 0 Å². The van der Waals surface area contributed by atoms with Gasteiger partial charge in [-0.25, -0.2) is 4.90 Å². The zero-order valence-electron chi connectivity index (χ0n) is 54.2. The summed E-state index contributed by atoms with van der Waals surface area (Å²) in [6.45, 7) is -1.37. The van der Waals surface area contributed by atoms with Crippen LogP contribution in [0.25, 0.3) is 0 Å². The number of carbonyl (C=O) groups is 7. The molecular formula is C61H94N12O26. The van der Waals surface area contributed by atoms with Crippen molar-refractivity contribution in [2.24, 2.45) is 11.5 Å². The molecule has 26 N–H and O–H groups in total. The third-order valence-electron chi connectivity index (χ3n) is 18.3. The molecule has 38 heteroatoms. The van der Waals surface area contributed by atoms with Crippen molar-refractivity contribution in [3.63, 3.8) is 0 Å². The maximum absolute atomic E-state index is 15.3. The van der Waals surface area contributed by atoms with Gasteiger partial charge >= 0.3 is 5.97 Å². The fourth-order valence-corrected chi connectivity index (χ4v) is 12.5. The molecule has 0 aromatic heterocycles. The number of unbranched alkanes of at least 4 members (excludes halogenated alkanes) is 3. The quantitative estimate of drug-likeness (QED) is 0.0363. The Morgan fingerprint density at radius 3 is 1.87 bits per heavy atom. The fourth-order valence-electron chi connectivity index (χ4n) is 12.5. The molecule has 554 valence electrons. The topological polar surface area (TPSA) is 601 Å². The first-order valence-corrected chi connectivity index (χ1v) is 32.7. The highest BCUT2D eigenvalue weighted by molar-refractivity contribution is 5.98. The van der Waals surface area contributed by atoms with Gasteiger partial charge < -0.3 is 138 Å². The van der Waals surface area contributed by atoms with Crippen molar-refractivity contribution in [2.45, 2.75) is 217 Å². The normalized spacial score (nSPS) is 37.3. The number of benzene rings is 2. The number of carbonyl (C=O) groups excluding carboxylic acids is 7. The van der Waals surface area contributed by atoms with Crippen LogP contribution in [0, 0.1) is 0 Å². The maximum atomic E-state index is 15.3. The third-order valence-corrected chi connectivity index (χ3v) is 18.3. The lowest BCUT2D eigenvalue weighted by atomic mass is 9.92. The van der Waals surface area contributed by atoms with Crippen LogP contribution < -0.4 is 64.1 Å². The van der Waals surface area contributed by atoms with Crippen LogP contribution in [0.15, 0.2) is 54.6 Å². The number of esters is 1. The second-order valence-electron chi connectivity index (χ2n) is 25.2. The van der Waals surface area contributed by atoms with Crippen molar-refractivity contribution in [3.8, 4) is 5.75 Å². The molecule has 2 unspecified atom stereocenters. The van der Waals surface area contributed by atoms with E-state index >= 15 is 9.59 Å². The second-order valence-corrected chi connectivity index (χ2v) is 25.2. The standard InChI is InChI=1S/C61H94N12O26/c1-3-4-5-9-12-37(78)94-24-35-51(99-59-49(87)46(84)44(82)34(23-76)97-59)47(85)50(88)58(98-35)95-28-15-13-26(14-16-28)17-29-53(90)71-39(41(79)30-18-65-60(62)69-30)56(93)72-40(42(80)32-19-66-61(63)73(32)57-48(86)45(83)43(81)33(22-75)96-57)55(92)68-31(21-74)52(89)64-20-36(77)70-38(54(91)67-29)25(2)27-10-7-6-8-11-27/h6-8,10-11,13-16,25,29-35,38-51,57-61,65-66,69,74-76,79-88H,3-5,9,12,17-24,62-63H2,1-2H3,(H,64,89)(H,67,91)(H,68,92)(H,70,77)(H,71,90)(H,72,93)/t25-,29+,30-,31-,32-,33+,34+,35+,38-,39-,40+,41-,42-,43+,44+,45-,46-,47+,48-,49-,50-,51+,57-,58-,59+,60?,61?/m0/s1. The number of rotatable bonds is 23.